The number of hydrogen-bond acceptors (Lipinski definition) is 0. The summed E-state index contributed by atoms with van der Waals surface area (Å²) in [7, 11) is 0. The van der Waals surface area contributed by atoms with Crippen LogP contribution in [0.3, 0.4) is 0 Å². The van der Waals surface area contributed by atoms with E-state index in [2.05, 4.69) is 32.1 Å². The molecule has 2 unspecified atom stereocenters. The van der Waals surface area contributed by atoms with Crippen LogP contribution in [-0.4, -0.2) is 0 Å². The second kappa shape index (κ2) is 9.91. The Balaban J connectivity index is -0.000000422. The van der Waals surface area contributed by atoms with Gasteiger partial charge in [0.15, 0.2) is 0 Å². The Bertz CT molecular complexity index is 238. The van der Waals surface area contributed by atoms with Crippen molar-refractivity contribution in [3.63, 3.8) is 0 Å². The Kier molecular flexibility index (Phi) is 13.7. The number of fused-ring (bicyclic) bond motifs is 1. The summed E-state index contributed by atoms with van der Waals surface area (Å²) in [5, 5.41) is 0. The minimum absolute atomic E-state index is 0. The SMILES string of the molecule is C[C-]1CC(C)C2CCC=CC=C12.[Cl-].[Cl-].[Cl-].[Ti+4]. The van der Waals surface area contributed by atoms with Gasteiger partial charge in [-0.05, 0) is 18.8 Å². The van der Waals surface area contributed by atoms with E-state index < -0.39 is 0 Å². The fraction of sp³-hybridized carbons (Fsp3) is 0.583. The van der Waals surface area contributed by atoms with Crippen LogP contribution in [0.5, 0.6) is 0 Å². The van der Waals surface area contributed by atoms with E-state index in [-0.39, 0.29) is 58.9 Å². The standard InChI is InChI=1S/C12H17.3ClH.Ti/c1-9-8-10(2)12-7-5-3-4-6-11(9)12;;;;/h3-4,6,10,12H,5,7-8H2,1-2H3;3*1H;/q-1;;;;+4/p-3. The maximum atomic E-state index is 2.39. The van der Waals surface area contributed by atoms with Crippen molar-refractivity contribution in [2.75, 3.05) is 0 Å². The van der Waals surface area contributed by atoms with Gasteiger partial charge in [-0.3, -0.25) is 0 Å². The molecule has 2 aliphatic carbocycles. The van der Waals surface area contributed by atoms with Crippen LogP contribution in [0.4, 0.5) is 0 Å². The van der Waals surface area contributed by atoms with Gasteiger partial charge in [-0.25, -0.2) is 17.6 Å². The van der Waals surface area contributed by atoms with Crippen LogP contribution in [0.1, 0.15) is 33.1 Å². The van der Waals surface area contributed by atoms with Crippen LogP contribution in [0.25, 0.3) is 0 Å². The van der Waals surface area contributed by atoms with Crippen molar-refractivity contribution in [1.82, 2.24) is 0 Å². The zero-order valence-electron chi connectivity index (χ0n) is 9.64. The van der Waals surface area contributed by atoms with Crippen LogP contribution < -0.4 is 37.2 Å². The third-order valence-corrected chi connectivity index (χ3v) is 3.26. The first-order valence-corrected chi connectivity index (χ1v) is 4.98. The van der Waals surface area contributed by atoms with Crippen molar-refractivity contribution < 1.29 is 58.9 Å². The molecule has 0 aromatic carbocycles. The summed E-state index contributed by atoms with van der Waals surface area (Å²) < 4.78 is 0. The fourth-order valence-electron chi connectivity index (χ4n) is 2.62. The van der Waals surface area contributed by atoms with Crippen LogP contribution in [0, 0.1) is 17.8 Å². The maximum Gasteiger partial charge on any atom is 4.00 e. The molecule has 2 rings (SSSR count). The Morgan fingerprint density at radius 1 is 1.25 bits per heavy atom. The predicted molar refractivity (Wildman–Crippen MR) is 52.6 cm³/mol. The van der Waals surface area contributed by atoms with Gasteiger partial charge in [-0.1, -0.05) is 19.3 Å². The number of halogens is 3. The van der Waals surface area contributed by atoms with E-state index in [9.17, 15) is 0 Å². The van der Waals surface area contributed by atoms with E-state index in [4.69, 9.17) is 0 Å². The van der Waals surface area contributed by atoms with E-state index in [1.165, 1.54) is 19.3 Å². The summed E-state index contributed by atoms with van der Waals surface area (Å²) in [5.41, 5.74) is 1.64. The van der Waals surface area contributed by atoms with Crippen LogP contribution in [0.2, 0.25) is 0 Å². The molecule has 0 saturated heterocycles. The normalized spacial score (nSPS) is 25.9. The van der Waals surface area contributed by atoms with Crippen molar-refractivity contribution >= 4 is 0 Å². The topological polar surface area (TPSA) is 0 Å². The zero-order chi connectivity index (χ0) is 8.55. The molecule has 0 radical (unpaired) electrons. The van der Waals surface area contributed by atoms with Gasteiger partial charge in [-0.15, -0.1) is 19.1 Å². The monoisotopic (exact) mass is 314 g/mol. The second-order valence-electron chi connectivity index (χ2n) is 4.20. The molecule has 1 fully saturated rings. The summed E-state index contributed by atoms with van der Waals surface area (Å²) in [6, 6.07) is 0. The molecule has 0 amide bonds. The van der Waals surface area contributed by atoms with Crippen LogP contribution >= 0.6 is 0 Å². The molecule has 2 atom stereocenters. The fourth-order valence-corrected chi connectivity index (χ4v) is 2.62. The first-order valence-electron chi connectivity index (χ1n) is 4.98. The molecule has 16 heavy (non-hydrogen) atoms. The van der Waals surface area contributed by atoms with E-state index in [1.807, 2.05) is 0 Å². The molecule has 90 valence electrons. The van der Waals surface area contributed by atoms with Crippen molar-refractivity contribution in [2.24, 2.45) is 11.8 Å². The maximum absolute atomic E-state index is 2.39. The molecule has 0 aromatic heterocycles. The van der Waals surface area contributed by atoms with Crippen molar-refractivity contribution in [3.8, 4) is 0 Å². The number of allylic oxidation sites excluding steroid dienone is 4. The Hall–Kier alpha value is 0.934. The third kappa shape index (κ3) is 4.66. The summed E-state index contributed by atoms with van der Waals surface area (Å²) in [6.45, 7) is 4.68. The Morgan fingerprint density at radius 2 is 1.88 bits per heavy atom. The van der Waals surface area contributed by atoms with E-state index in [0.717, 1.165) is 11.8 Å². The summed E-state index contributed by atoms with van der Waals surface area (Å²) in [5.74, 6) is 3.37. The molecular weight excluding hydrogens is 298 g/mol. The van der Waals surface area contributed by atoms with Gasteiger partial charge in [-0.2, -0.15) is 0 Å². The van der Waals surface area contributed by atoms with E-state index >= 15 is 0 Å². The molecule has 0 nitrogen and oxygen atoms in total. The molecule has 0 bridgehead atoms. The van der Waals surface area contributed by atoms with Crippen LogP contribution in [-0.2, 0) is 21.7 Å². The average Bonchev–Trinajstić information content (AvgIpc) is 2.29. The largest absolute Gasteiger partial charge is 4.00 e. The van der Waals surface area contributed by atoms with Crippen molar-refractivity contribution in [1.29, 1.82) is 0 Å². The van der Waals surface area contributed by atoms with Gasteiger partial charge < -0.3 is 37.2 Å². The number of rotatable bonds is 0. The zero-order valence-corrected chi connectivity index (χ0v) is 13.5. The van der Waals surface area contributed by atoms with E-state index in [1.54, 1.807) is 11.5 Å². The minimum atomic E-state index is 0. The molecule has 0 N–H and O–H groups in total. The predicted octanol–water partition coefficient (Wildman–Crippen LogP) is -5.48. The molecule has 0 spiro atoms. The van der Waals surface area contributed by atoms with Crippen molar-refractivity contribution in [3.05, 3.63) is 29.7 Å². The summed E-state index contributed by atoms with van der Waals surface area (Å²) >= 11 is 0. The Morgan fingerprint density at radius 3 is 2.50 bits per heavy atom. The van der Waals surface area contributed by atoms with Crippen molar-refractivity contribution in [2.45, 2.75) is 33.1 Å². The van der Waals surface area contributed by atoms with Gasteiger partial charge in [0.25, 0.3) is 0 Å². The average molecular weight is 315 g/mol. The minimum Gasteiger partial charge on any atom is -1.00 e. The number of hydrogen-bond donors (Lipinski definition) is 0. The molecular formula is C12H17Cl3Ti. The quantitative estimate of drug-likeness (QED) is 0.309. The molecule has 4 heteroatoms. The van der Waals surface area contributed by atoms with Gasteiger partial charge in [0.05, 0.1) is 0 Å². The van der Waals surface area contributed by atoms with Gasteiger partial charge in [0.1, 0.15) is 0 Å². The van der Waals surface area contributed by atoms with Gasteiger partial charge in [0.2, 0.25) is 0 Å². The van der Waals surface area contributed by atoms with E-state index in [0.29, 0.717) is 0 Å². The molecule has 0 aromatic rings. The molecule has 0 heterocycles. The summed E-state index contributed by atoms with van der Waals surface area (Å²) in [6.07, 6.45) is 10.8. The smallest absolute Gasteiger partial charge is 1.00 e. The molecule has 2 aliphatic rings. The Labute approximate surface area is 133 Å². The first kappa shape index (κ1) is 22.1. The molecule has 0 aliphatic heterocycles. The van der Waals surface area contributed by atoms with Gasteiger partial charge >= 0.3 is 21.7 Å². The summed E-state index contributed by atoms with van der Waals surface area (Å²) in [4.78, 5) is 0. The third-order valence-electron chi connectivity index (χ3n) is 3.26. The van der Waals surface area contributed by atoms with Crippen LogP contribution in [0.15, 0.2) is 23.8 Å². The van der Waals surface area contributed by atoms with Gasteiger partial charge in [0, 0.05) is 0 Å². The molecule has 1 saturated carbocycles. The first-order chi connectivity index (χ1) is 5.79. The second-order valence-corrected chi connectivity index (χ2v) is 4.20.